The van der Waals surface area contributed by atoms with Gasteiger partial charge in [-0.25, -0.2) is 0 Å². The SMILES string of the molecule is CCC(C)c1ccccc1OP(=O)(Oc1ccccc1C(C)CC)Oc1ccccc1C(C)CC. The molecule has 0 amide bonds. The Hall–Kier alpha value is -2.71. The van der Waals surface area contributed by atoms with Gasteiger partial charge in [-0.1, -0.05) is 96.1 Å². The zero-order valence-corrected chi connectivity index (χ0v) is 22.8. The molecular weight excluding hydrogens is 455 g/mol. The lowest BCUT2D eigenvalue weighted by Crippen LogP contribution is -2.11. The minimum atomic E-state index is -4.12. The average molecular weight is 495 g/mol. The fourth-order valence-electron chi connectivity index (χ4n) is 3.99. The van der Waals surface area contributed by atoms with E-state index in [-0.39, 0.29) is 17.8 Å². The summed E-state index contributed by atoms with van der Waals surface area (Å²) < 4.78 is 33.1. The Balaban J connectivity index is 2.08. The van der Waals surface area contributed by atoms with E-state index in [1.807, 2.05) is 72.8 Å². The van der Waals surface area contributed by atoms with Gasteiger partial charge in [-0.15, -0.1) is 0 Å². The predicted molar refractivity (Wildman–Crippen MR) is 145 cm³/mol. The molecule has 3 aromatic carbocycles. The van der Waals surface area contributed by atoms with Gasteiger partial charge in [0.05, 0.1) is 0 Å². The summed E-state index contributed by atoms with van der Waals surface area (Å²) in [4.78, 5) is 0. The Morgan fingerprint density at radius 2 is 0.800 bits per heavy atom. The molecule has 0 aliphatic carbocycles. The Morgan fingerprint density at radius 1 is 0.543 bits per heavy atom. The van der Waals surface area contributed by atoms with Gasteiger partial charge in [0, 0.05) is 0 Å². The molecule has 5 heteroatoms. The van der Waals surface area contributed by atoms with Crippen molar-refractivity contribution in [3.05, 3.63) is 89.5 Å². The molecule has 0 saturated carbocycles. The van der Waals surface area contributed by atoms with Crippen molar-refractivity contribution in [3.8, 4) is 17.2 Å². The van der Waals surface area contributed by atoms with Gasteiger partial charge in [0.15, 0.2) is 0 Å². The molecule has 0 spiro atoms. The molecule has 0 N–H and O–H groups in total. The van der Waals surface area contributed by atoms with E-state index < -0.39 is 7.82 Å². The third-order valence-electron chi connectivity index (χ3n) is 6.82. The fraction of sp³-hybridized carbons (Fsp3) is 0.400. The van der Waals surface area contributed by atoms with Gasteiger partial charge in [-0.2, -0.15) is 4.57 Å². The summed E-state index contributed by atoms with van der Waals surface area (Å²) in [5, 5.41) is 0. The number of benzene rings is 3. The van der Waals surface area contributed by atoms with Gasteiger partial charge in [-0.3, -0.25) is 0 Å². The van der Waals surface area contributed by atoms with Crippen LogP contribution in [0.25, 0.3) is 0 Å². The summed E-state index contributed by atoms with van der Waals surface area (Å²) in [7, 11) is -4.12. The van der Waals surface area contributed by atoms with E-state index in [0.717, 1.165) is 36.0 Å². The summed E-state index contributed by atoms with van der Waals surface area (Å²) in [6.45, 7) is 12.8. The van der Waals surface area contributed by atoms with E-state index in [0.29, 0.717) is 17.2 Å². The van der Waals surface area contributed by atoms with E-state index in [4.69, 9.17) is 13.6 Å². The summed E-state index contributed by atoms with van der Waals surface area (Å²) in [6, 6.07) is 23.1. The largest absolute Gasteiger partial charge is 0.647 e. The molecule has 3 rings (SSSR count). The molecule has 4 nitrogen and oxygen atoms in total. The first-order valence-corrected chi connectivity index (χ1v) is 14.2. The highest BCUT2D eigenvalue weighted by molar-refractivity contribution is 7.49. The molecule has 0 radical (unpaired) electrons. The second kappa shape index (κ2) is 12.3. The maximum absolute atomic E-state index is 14.4. The quantitative estimate of drug-likeness (QED) is 0.235. The van der Waals surface area contributed by atoms with Crippen LogP contribution in [0.5, 0.6) is 17.2 Å². The molecule has 3 aromatic rings. The van der Waals surface area contributed by atoms with Crippen LogP contribution in [-0.4, -0.2) is 0 Å². The zero-order chi connectivity index (χ0) is 25.4. The molecule has 0 aliphatic heterocycles. The summed E-state index contributed by atoms with van der Waals surface area (Å²) in [5.74, 6) is 2.27. The molecule has 0 saturated heterocycles. The van der Waals surface area contributed by atoms with E-state index in [1.165, 1.54) is 0 Å². The van der Waals surface area contributed by atoms with Gasteiger partial charge in [0.2, 0.25) is 0 Å². The standard InChI is InChI=1S/C30H39O4P/c1-7-22(4)25-16-10-13-19-28(25)32-35(31,33-29-20-14-11-17-26(29)23(5)8-2)34-30-21-15-12-18-27(30)24(6)9-3/h10-24H,7-9H2,1-6H3. The van der Waals surface area contributed by atoms with Crippen LogP contribution in [0.3, 0.4) is 0 Å². The molecule has 0 heterocycles. The highest BCUT2D eigenvalue weighted by Crippen LogP contribution is 2.53. The van der Waals surface area contributed by atoms with Crippen molar-refractivity contribution in [2.45, 2.75) is 78.6 Å². The van der Waals surface area contributed by atoms with Crippen LogP contribution in [0.4, 0.5) is 0 Å². The lowest BCUT2D eigenvalue weighted by molar-refractivity contribution is 0.294. The third-order valence-corrected chi connectivity index (χ3v) is 8.08. The van der Waals surface area contributed by atoms with Gasteiger partial charge < -0.3 is 13.6 Å². The first kappa shape index (κ1) is 26.9. The summed E-state index contributed by atoms with van der Waals surface area (Å²) in [6.07, 6.45) is 2.79. The fourth-order valence-corrected chi connectivity index (χ4v) is 5.32. The Labute approximate surface area is 211 Å². The van der Waals surface area contributed by atoms with Crippen LogP contribution in [0, 0.1) is 0 Å². The van der Waals surface area contributed by atoms with Crippen molar-refractivity contribution >= 4 is 7.82 Å². The first-order valence-electron chi connectivity index (χ1n) is 12.8. The molecule has 188 valence electrons. The minimum absolute atomic E-state index is 0.236. The van der Waals surface area contributed by atoms with Crippen LogP contribution >= 0.6 is 7.82 Å². The maximum Gasteiger partial charge on any atom is 0.647 e. The highest BCUT2D eigenvalue weighted by atomic mass is 31.2. The van der Waals surface area contributed by atoms with Crippen molar-refractivity contribution in [3.63, 3.8) is 0 Å². The molecule has 0 fully saturated rings. The Bertz CT molecular complexity index is 1000. The highest BCUT2D eigenvalue weighted by Gasteiger charge is 2.36. The predicted octanol–water partition coefficient (Wildman–Crippen LogP) is 9.87. The number of phosphoric acid groups is 1. The normalized spacial score (nSPS) is 15.5. The number of phosphoric ester groups is 1. The Kier molecular flexibility index (Phi) is 9.46. The van der Waals surface area contributed by atoms with Crippen LogP contribution in [-0.2, 0) is 4.57 Å². The number of hydrogen-bond donors (Lipinski definition) is 0. The van der Waals surface area contributed by atoms with E-state index >= 15 is 0 Å². The maximum atomic E-state index is 14.4. The minimum Gasteiger partial charge on any atom is -0.386 e. The number of hydrogen-bond acceptors (Lipinski definition) is 4. The van der Waals surface area contributed by atoms with Crippen molar-refractivity contribution < 1.29 is 18.1 Å². The second-order valence-corrected chi connectivity index (χ2v) is 10.7. The van der Waals surface area contributed by atoms with Gasteiger partial charge >= 0.3 is 7.82 Å². The number of rotatable bonds is 12. The lowest BCUT2D eigenvalue weighted by Gasteiger charge is -2.25. The van der Waals surface area contributed by atoms with E-state index in [2.05, 4.69) is 41.5 Å². The summed E-state index contributed by atoms with van der Waals surface area (Å²) >= 11 is 0. The number of para-hydroxylation sites is 3. The zero-order valence-electron chi connectivity index (χ0n) is 21.9. The molecular formula is C30H39O4P. The van der Waals surface area contributed by atoms with Gasteiger partial charge in [0.1, 0.15) is 17.2 Å². The molecule has 3 unspecified atom stereocenters. The van der Waals surface area contributed by atoms with Crippen molar-refractivity contribution in [1.29, 1.82) is 0 Å². The monoisotopic (exact) mass is 494 g/mol. The van der Waals surface area contributed by atoms with Crippen molar-refractivity contribution in [1.82, 2.24) is 0 Å². The topological polar surface area (TPSA) is 44.8 Å². The molecule has 0 aromatic heterocycles. The molecule has 35 heavy (non-hydrogen) atoms. The van der Waals surface area contributed by atoms with Crippen LogP contribution in [0.2, 0.25) is 0 Å². The second-order valence-electron chi connectivity index (χ2n) is 9.26. The third kappa shape index (κ3) is 6.70. The molecule has 3 atom stereocenters. The van der Waals surface area contributed by atoms with E-state index in [9.17, 15) is 4.57 Å². The van der Waals surface area contributed by atoms with Gasteiger partial charge in [-0.05, 0) is 71.9 Å². The van der Waals surface area contributed by atoms with Crippen LogP contribution in [0.1, 0.15) is 95.2 Å². The Morgan fingerprint density at radius 3 is 1.06 bits per heavy atom. The van der Waals surface area contributed by atoms with E-state index in [1.54, 1.807) is 0 Å². The van der Waals surface area contributed by atoms with Crippen molar-refractivity contribution in [2.75, 3.05) is 0 Å². The van der Waals surface area contributed by atoms with Crippen molar-refractivity contribution in [2.24, 2.45) is 0 Å². The average Bonchev–Trinajstić information content (AvgIpc) is 2.88. The van der Waals surface area contributed by atoms with Crippen LogP contribution in [0.15, 0.2) is 72.8 Å². The van der Waals surface area contributed by atoms with Crippen LogP contribution < -0.4 is 13.6 Å². The van der Waals surface area contributed by atoms with Gasteiger partial charge in [0.25, 0.3) is 0 Å². The lowest BCUT2D eigenvalue weighted by atomic mass is 9.98. The summed E-state index contributed by atoms with van der Waals surface area (Å²) in [5.41, 5.74) is 2.94. The molecule has 0 bridgehead atoms. The first-order chi connectivity index (χ1) is 16.8. The smallest absolute Gasteiger partial charge is 0.386 e. The molecule has 0 aliphatic rings.